The van der Waals surface area contributed by atoms with E-state index in [9.17, 15) is 9.18 Å². The molecule has 13 heteroatoms. The smallest absolute Gasteiger partial charge is 0.318 e. The fraction of sp³-hybridized carbons (Fsp3) is 0.385. The van der Waals surface area contributed by atoms with Crippen molar-refractivity contribution < 1.29 is 9.18 Å². The fourth-order valence-electron chi connectivity index (χ4n) is 4.97. The number of hydrogen-bond acceptors (Lipinski definition) is 8. The molecule has 5 heterocycles. The molecule has 3 N–H and O–H groups in total. The van der Waals surface area contributed by atoms with E-state index >= 15 is 0 Å². The monoisotopic (exact) mass is 531 g/mol. The molecule has 2 aliphatic rings. The number of rotatable bonds is 6. The van der Waals surface area contributed by atoms with Crippen molar-refractivity contribution in [1.29, 1.82) is 0 Å². The molecule has 1 spiro atoms. The first-order valence-electron chi connectivity index (χ1n) is 12.9. The van der Waals surface area contributed by atoms with Crippen molar-refractivity contribution in [1.82, 2.24) is 45.1 Å². The van der Waals surface area contributed by atoms with E-state index in [4.69, 9.17) is 4.98 Å². The summed E-state index contributed by atoms with van der Waals surface area (Å²) in [5.74, 6) is 2.11. The quantitative estimate of drug-likeness (QED) is 0.345. The maximum Gasteiger partial charge on any atom is 0.318 e. The van der Waals surface area contributed by atoms with Gasteiger partial charge in [0.25, 0.3) is 0 Å². The number of hydrogen-bond donors (Lipinski definition) is 3. The van der Waals surface area contributed by atoms with Gasteiger partial charge >= 0.3 is 6.03 Å². The average molecular weight is 532 g/mol. The van der Waals surface area contributed by atoms with Crippen LogP contribution >= 0.6 is 0 Å². The Morgan fingerprint density at radius 2 is 1.97 bits per heavy atom. The second kappa shape index (κ2) is 9.64. The Kier molecular flexibility index (Phi) is 6.12. The summed E-state index contributed by atoms with van der Waals surface area (Å²) in [6.07, 6.45) is 5.95. The molecule has 1 saturated heterocycles. The standard InChI is InChI=1S/C26H30FN11O/c1-16-10-21(32-22-11-17(2)34-35-22)33-24(30-16)36-8-9-37(26(15-36)6-7-26)25(39)31-18(3)19-4-5-23(28-12-19)38-14-20(27)13-29-38/h4-5,10-14,18H,6-9,15H2,1-3H3,(H,31,39)(H2,30,32,33,34,35)/t18-/m0/s1. The number of carbonyl (C=O) groups is 1. The van der Waals surface area contributed by atoms with Crippen LogP contribution in [0.1, 0.15) is 42.8 Å². The third-order valence-electron chi connectivity index (χ3n) is 7.21. The summed E-state index contributed by atoms with van der Waals surface area (Å²) < 4.78 is 14.6. The normalized spacial score (nSPS) is 16.8. The molecular formula is C26H30FN11O. The molecule has 2 amide bonds. The van der Waals surface area contributed by atoms with Gasteiger partial charge in [0.1, 0.15) is 5.82 Å². The highest BCUT2D eigenvalue weighted by atomic mass is 19.1. The molecule has 0 aromatic carbocycles. The molecule has 202 valence electrons. The van der Waals surface area contributed by atoms with Crippen LogP contribution in [0.3, 0.4) is 0 Å². The van der Waals surface area contributed by atoms with Crippen molar-refractivity contribution in [3.8, 4) is 5.82 Å². The van der Waals surface area contributed by atoms with E-state index in [1.54, 1.807) is 12.3 Å². The number of anilines is 3. The Hall–Kier alpha value is -4.55. The molecule has 12 nitrogen and oxygen atoms in total. The third kappa shape index (κ3) is 5.11. The molecule has 1 aliphatic heterocycles. The molecule has 39 heavy (non-hydrogen) atoms. The summed E-state index contributed by atoms with van der Waals surface area (Å²) >= 11 is 0. The van der Waals surface area contributed by atoms with Crippen LogP contribution in [0.15, 0.2) is 42.9 Å². The highest BCUT2D eigenvalue weighted by Crippen LogP contribution is 2.45. The highest BCUT2D eigenvalue weighted by Gasteiger charge is 2.53. The van der Waals surface area contributed by atoms with Gasteiger partial charge in [-0.05, 0) is 45.2 Å². The van der Waals surface area contributed by atoms with Gasteiger partial charge in [0.05, 0.1) is 24.0 Å². The van der Waals surface area contributed by atoms with Crippen LogP contribution in [0.2, 0.25) is 0 Å². The molecule has 1 atom stereocenters. The SMILES string of the molecule is Cc1cc(Nc2cc(C)[nH]n2)nc(N2CCN(C(=O)N[C@@H](C)c3ccc(-n4cc(F)cn4)nc3)C3(CC3)C2)n1. The van der Waals surface area contributed by atoms with Crippen LogP contribution in [-0.4, -0.2) is 71.0 Å². The fourth-order valence-corrected chi connectivity index (χ4v) is 4.97. The zero-order valence-electron chi connectivity index (χ0n) is 22.0. The number of carbonyl (C=O) groups excluding carboxylic acids is 1. The van der Waals surface area contributed by atoms with Crippen molar-refractivity contribution in [2.45, 2.75) is 45.2 Å². The Labute approximate surface area is 224 Å². The second-order valence-electron chi connectivity index (χ2n) is 10.3. The van der Waals surface area contributed by atoms with Gasteiger partial charge in [-0.15, -0.1) is 0 Å². The van der Waals surface area contributed by atoms with Crippen molar-refractivity contribution >= 4 is 23.6 Å². The molecule has 6 rings (SSSR count). The lowest BCUT2D eigenvalue weighted by Crippen LogP contribution is -2.59. The van der Waals surface area contributed by atoms with Crippen LogP contribution in [-0.2, 0) is 0 Å². The lowest BCUT2D eigenvalue weighted by atomic mass is 10.1. The number of nitrogens with one attached hydrogen (secondary N) is 3. The topological polar surface area (TPSA) is 133 Å². The Balaban J connectivity index is 1.10. The first kappa shape index (κ1) is 24.8. The zero-order valence-corrected chi connectivity index (χ0v) is 22.0. The van der Waals surface area contributed by atoms with Gasteiger partial charge in [0.2, 0.25) is 5.95 Å². The maximum absolute atomic E-state index is 13.4. The van der Waals surface area contributed by atoms with Crippen LogP contribution < -0.4 is 15.5 Å². The first-order valence-corrected chi connectivity index (χ1v) is 12.9. The van der Waals surface area contributed by atoms with Crippen molar-refractivity contribution in [2.24, 2.45) is 0 Å². The number of aromatic nitrogens is 7. The summed E-state index contributed by atoms with van der Waals surface area (Å²) in [4.78, 5) is 31.3. The lowest BCUT2D eigenvalue weighted by molar-refractivity contribution is 0.153. The van der Waals surface area contributed by atoms with Crippen LogP contribution in [0.25, 0.3) is 5.82 Å². The van der Waals surface area contributed by atoms with E-state index in [1.165, 1.54) is 10.9 Å². The number of piperazine rings is 1. The van der Waals surface area contributed by atoms with E-state index in [2.05, 4.69) is 40.8 Å². The minimum atomic E-state index is -0.425. The molecular weight excluding hydrogens is 501 g/mol. The highest BCUT2D eigenvalue weighted by molar-refractivity contribution is 5.77. The number of nitrogens with zero attached hydrogens (tertiary/aromatic N) is 8. The molecule has 0 radical (unpaired) electrons. The van der Waals surface area contributed by atoms with Crippen LogP contribution in [0, 0.1) is 19.7 Å². The first-order chi connectivity index (χ1) is 18.8. The zero-order chi connectivity index (χ0) is 27.1. The number of pyridine rings is 1. The molecule has 4 aromatic rings. The number of halogens is 1. The predicted octanol–water partition coefficient (Wildman–Crippen LogP) is 3.41. The Morgan fingerprint density at radius 3 is 2.64 bits per heavy atom. The van der Waals surface area contributed by atoms with Gasteiger partial charge in [-0.1, -0.05) is 6.07 Å². The Morgan fingerprint density at radius 1 is 1.13 bits per heavy atom. The second-order valence-corrected chi connectivity index (χ2v) is 10.3. The lowest BCUT2D eigenvalue weighted by Gasteiger charge is -2.42. The van der Waals surface area contributed by atoms with E-state index in [1.807, 2.05) is 43.9 Å². The number of urea groups is 1. The molecule has 0 unspecified atom stereocenters. The van der Waals surface area contributed by atoms with Gasteiger partial charge in [-0.2, -0.15) is 15.2 Å². The van der Waals surface area contributed by atoms with Crippen LogP contribution in [0.4, 0.5) is 26.8 Å². The van der Waals surface area contributed by atoms with Gasteiger partial charge in [0, 0.05) is 49.4 Å². The van der Waals surface area contributed by atoms with Crippen molar-refractivity contribution in [3.05, 3.63) is 65.6 Å². The molecule has 4 aromatic heterocycles. The summed E-state index contributed by atoms with van der Waals surface area (Å²) in [5.41, 5.74) is 2.44. The van der Waals surface area contributed by atoms with Gasteiger partial charge < -0.3 is 20.4 Å². The molecule has 0 bridgehead atoms. The minimum Gasteiger partial charge on any atom is -0.337 e. The largest absolute Gasteiger partial charge is 0.337 e. The number of H-pyrrole nitrogens is 1. The van der Waals surface area contributed by atoms with E-state index in [-0.39, 0.29) is 17.6 Å². The van der Waals surface area contributed by atoms with E-state index in [0.717, 1.165) is 36.0 Å². The number of amides is 2. The van der Waals surface area contributed by atoms with Gasteiger partial charge in [-0.25, -0.2) is 23.8 Å². The summed E-state index contributed by atoms with van der Waals surface area (Å²) in [6, 6.07) is 7.08. The number of aryl methyl sites for hydroxylation is 2. The molecule has 1 aliphatic carbocycles. The van der Waals surface area contributed by atoms with Crippen LogP contribution in [0.5, 0.6) is 0 Å². The van der Waals surface area contributed by atoms with E-state index < -0.39 is 5.82 Å². The van der Waals surface area contributed by atoms with Crippen molar-refractivity contribution in [2.75, 3.05) is 29.9 Å². The maximum atomic E-state index is 13.4. The average Bonchev–Trinajstić information content (AvgIpc) is 3.31. The van der Waals surface area contributed by atoms with Gasteiger partial charge in [-0.3, -0.25) is 5.10 Å². The molecule has 2 fully saturated rings. The summed E-state index contributed by atoms with van der Waals surface area (Å²) in [6.45, 7) is 7.69. The minimum absolute atomic E-state index is 0.0979. The summed E-state index contributed by atoms with van der Waals surface area (Å²) in [5, 5.41) is 17.4. The summed E-state index contributed by atoms with van der Waals surface area (Å²) in [7, 11) is 0. The number of aromatic amines is 1. The Bertz CT molecular complexity index is 1490. The predicted molar refractivity (Wildman–Crippen MR) is 143 cm³/mol. The van der Waals surface area contributed by atoms with Crippen molar-refractivity contribution in [3.63, 3.8) is 0 Å². The molecule has 1 saturated carbocycles. The third-order valence-corrected chi connectivity index (χ3v) is 7.21. The van der Waals surface area contributed by atoms with E-state index in [0.29, 0.717) is 43.0 Å². The van der Waals surface area contributed by atoms with Gasteiger partial charge in [0.15, 0.2) is 17.5 Å².